The van der Waals surface area contributed by atoms with Crippen molar-refractivity contribution in [2.45, 2.75) is 40.2 Å². The van der Waals surface area contributed by atoms with E-state index in [1.807, 2.05) is 7.05 Å². The van der Waals surface area contributed by atoms with E-state index in [1.165, 1.54) is 26.7 Å². The second-order valence-electron chi connectivity index (χ2n) is 5.23. The van der Waals surface area contributed by atoms with Crippen LogP contribution < -0.4 is 10.1 Å². The van der Waals surface area contributed by atoms with Crippen LogP contribution in [0.25, 0.3) is 0 Å². The Morgan fingerprint density at radius 2 is 2.10 bits per heavy atom. The van der Waals surface area contributed by atoms with Gasteiger partial charge in [0.15, 0.2) is 0 Å². The van der Waals surface area contributed by atoms with Crippen LogP contribution in [-0.4, -0.2) is 18.6 Å². The molecule has 0 bridgehead atoms. The first-order valence-electron chi connectivity index (χ1n) is 7.46. The van der Waals surface area contributed by atoms with E-state index >= 15 is 0 Å². The third kappa shape index (κ3) is 4.29. The highest BCUT2D eigenvalue weighted by Crippen LogP contribution is 2.22. The third-order valence-corrected chi connectivity index (χ3v) is 4.57. The van der Waals surface area contributed by atoms with E-state index in [0.29, 0.717) is 6.61 Å². The maximum atomic E-state index is 5.92. The minimum atomic E-state index is 0.681. The number of nitrogens with zero attached hydrogens (tertiary/aromatic N) is 1. The van der Waals surface area contributed by atoms with Crippen LogP contribution in [0.1, 0.15) is 33.6 Å². The highest BCUT2D eigenvalue weighted by molar-refractivity contribution is 7.11. The highest BCUT2D eigenvalue weighted by atomic mass is 32.1. The van der Waals surface area contributed by atoms with Gasteiger partial charge in [-0.2, -0.15) is 0 Å². The maximum absolute atomic E-state index is 5.92. The summed E-state index contributed by atoms with van der Waals surface area (Å²) in [7, 11) is 1.97. The van der Waals surface area contributed by atoms with E-state index in [2.05, 4.69) is 44.3 Å². The normalized spacial score (nSPS) is 10.9. The number of hydrogen-bond donors (Lipinski definition) is 1. The lowest BCUT2D eigenvalue weighted by Gasteiger charge is -2.08. The minimum Gasteiger partial charge on any atom is -0.493 e. The first-order chi connectivity index (χ1) is 10.1. The second-order valence-corrected chi connectivity index (χ2v) is 6.40. The summed E-state index contributed by atoms with van der Waals surface area (Å²) < 4.78 is 5.92. The molecule has 2 rings (SSSR count). The monoisotopic (exact) mass is 304 g/mol. The van der Waals surface area contributed by atoms with E-state index in [0.717, 1.165) is 25.1 Å². The molecule has 1 heterocycles. The predicted octanol–water partition coefficient (Wildman–Crippen LogP) is 3.66. The van der Waals surface area contributed by atoms with Crippen LogP contribution in [-0.2, 0) is 19.4 Å². The fraction of sp³-hybridized carbons (Fsp3) is 0.471. The summed E-state index contributed by atoms with van der Waals surface area (Å²) in [6.07, 6.45) is 1.86. The summed E-state index contributed by atoms with van der Waals surface area (Å²) in [4.78, 5) is 6.07. The molecule has 114 valence electrons. The molecule has 0 aliphatic heterocycles. The Labute approximate surface area is 131 Å². The Hall–Kier alpha value is -1.39. The van der Waals surface area contributed by atoms with E-state index < -0.39 is 0 Å². The van der Waals surface area contributed by atoms with Gasteiger partial charge in [-0.25, -0.2) is 4.98 Å². The molecule has 1 aromatic carbocycles. The molecule has 0 radical (unpaired) electrons. The van der Waals surface area contributed by atoms with Crippen molar-refractivity contribution in [3.63, 3.8) is 0 Å². The third-order valence-electron chi connectivity index (χ3n) is 3.41. The first-order valence-corrected chi connectivity index (χ1v) is 8.27. The van der Waals surface area contributed by atoms with Gasteiger partial charge in [0.1, 0.15) is 5.75 Å². The smallest absolute Gasteiger partial charge is 0.122 e. The van der Waals surface area contributed by atoms with Crippen molar-refractivity contribution in [3.8, 4) is 5.75 Å². The molecular formula is C17H24N2OS. The van der Waals surface area contributed by atoms with Gasteiger partial charge < -0.3 is 10.1 Å². The molecule has 21 heavy (non-hydrogen) atoms. The summed E-state index contributed by atoms with van der Waals surface area (Å²) in [6.45, 7) is 7.91. The van der Waals surface area contributed by atoms with Crippen molar-refractivity contribution in [2.75, 3.05) is 13.7 Å². The molecule has 1 aromatic heterocycles. The van der Waals surface area contributed by atoms with Crippen LogP contribution in [0.4, 0.5) is 0 Å². The fourth-order valence-corrected chi connectivity index (χ4v) is 3.38. The van der Waals surface area contributed by atoms with Crippen molar-refractivity contribution in [1.29, 1.82) is 0 Å². The lowest BCUT2D eigenvalue weighted by Crippen LogP contribution is -2.05. The fourth-order valence-electron chi connectivity index (χ4n) is 2.23. The van der Waals surface area contributed by atoms with Crippen molar-refractivity contribution < 1.29 is 4.74 Å². The van der Waals surface area contributed by atoms with Gasteiger partial charge >= 0.3 is 0 Å². The summed E-state index contributed by atoms with van der Waals surface area (Å²) in [6, 6.07) is 6.32. The molecule has 0 aliphatic rings. The van der Waals surface area contributed by atoms with Gasteiger partial charge in [0, 0.05) is 17.8 Å². The van der Waals surface area contributed by atoms with Crippen LogP contribution in [0, 0.1) is 13.8 Å². The van der Waals surface area contributed by atoms with Gasteiger partial charge in [-0.05, 0) is 44.5 Å². The largest absolute Gasteiger partial charge is 0.493 e. The molecule has 0 spiro atoms. The zero-order chi connectivity index (χ0) is 15.2. The number of rotatable bonds is 7. The number of ether oxygens (including phenoxy) is 1. The maximum Gasteiger partial charge on any atom is 0.122 e. The molecule has 3 nitrogen and oxygen atoms in total. The van der Waals surface area contributed by atoms with Gasteiger partial charge in [-0.15, -0.1) is 11.3 Å². The van der Waals surface area contributed by atoms with Crippen LogP contribution in [0.2, 0.25) is 0 Å². The van der Waals surface area contributed by atoms with Crippen molar-refractivity contribution >= 4 is 11.3 Å². The number of hydrogen-bond acceptors (Lipinski definition) is 4. The van der Waals surface area contributed by atoms with Gasteiger partial charge in [0.2, 0.25) is 0 Å². The van der Waals surface area contributed by atoms with E-state index in [9.17, 15) is 0 Å². The van der Waals surface area contributed by atoms with Gasteiger partial charge in [-0.1, -0.05) is 19.1 Å². The van der Waals surface area contributed by atoms with Crippen LogP contribution in [0.5, 0.6) is 5.75 Å². The standard InChI is InChI=1S/C17H24N2OS/c1-5-14-16(11-18-4)21-17(19-14)8-9-20-15-10-12(2)6-7-13(15)3/h6-7,10,18H,5,8-9,11H2,1-4H3. The Morgan fingerprint density at radius 3 is 2.81 bits per heavy atom. The van der Waals surface area contributed by atoms with Crippen molar-refractivity contribution in [1.82, 2.24) is 10.3 Å². The molecule has 4 heteroatoms. The Kier molecular flexibility index (Phi) is 5.76. The summed E-state index contributed by atoms with van der Waals surface area (Å²) in [5, 5.41) is 4.38. The zero-order valence-electron chi connectivity index (χ0n) is 13.3. The molecule has 1 N–H and O–H groups in total. The van der Waals surface area contributed by atoms with E-state index in [1.54, 1.807) is 11.3 Å². The molecule has 0 aliphatic carbocycles. The summed E-state index contributed by atoms with van der Waals surface area (Å²) >= 11 is 1.80. The first kappa shape index (κ1) is 16.0. The van der Waals surface area contributed by atoms with Crippen LogP contribution in [0.3, 0.4) is 0 Å². The number of benzene rings is 1. The molecule has 0 atom stereocenters. The number of aromatic nitrogens is 1. The van der Waals surface area contributed by atoms with Crippen LogP contribution >= 0.6 is 11.3 Å². The molecule has 0 unspecified atom stereocenters. The molecule has 0 saturated heterocycles. The lowest BCUT2D eigenvalue weighted by atomic mass is 10.1. The Morgan fingerprint density at radius 1 is 1.29 bits per heavy atom. The Balaban J connectivity index is 1.95. The molecule has 0 amide bonds. The molecule has 2 aromatic rings. The lowest BCUT2D eigenvalue weighted by molar-refractivity contribution is 0.319. The quantitative estimate of drug-likeness (QED) is 0.847. The minimum absolute atomic E-state index is 0.681. The van der Waals surface area contributed by atoms with E-state index in [4.69, 9.17) is 9.72 Å². The second kappa shape index (κ2) is 7.57. The molecule has 0 fully saturated rings. The average molecular weight is 304 g/mol. The number of thiazole rings is 1. The van der Waals surface area contributed by atoms with Gasteiger partial charge in [0.25, 0.3) is 0 Å². The SMILES string of the molecule is CCc1nc(CCOc2cc(C)ccc2C)sc1CNC. The number of aryl methyl sites for hydroxylation is 3. The topological polar surface area (TPSA) is 34.1 Å². The summed E-state index contributed by atoms with van der Waals surface area (Å²) in [5.74, 6) is 0.984. The average Bonchev–Trinajstić information content (AvgIpc) is 2.85. The predicted molar refractivity (Wildman–Crippen MR) is 89.4 cm³/mol. The van der Waals surface area contributed by atoms with Gasteiger partial charge in [0.05, 0.1) is 17.3 Å². The Bertz CT molecular complexity index is 592. The zero-order valence-corrected chi connectivity index (χ0v) is 14.1. The van der Waals surface area contributed by atoms with E-state index in [-0.39, 0.29) is 0 Å². The van der Waals surface area contributed by atoms with Crippen LogP contribution in [0.15, 0.2) is 18.2 Å². The number of nitrogens with one attached hydrogen (secondary N) is 1. The highest BCUT2D eigenvalue weighted by Gasteiger charge is 2.09. The van der Waals surface area contributed by atoms with Crippen molar-refractivity contribution in [3.05, 3.63) is 44.9 Å². The van der Waals surface area contributed by atoms with Crippen molar-refractivity contribution in [2.24, 2.45) is 0 Å². The van der Waals surface area contributed by atoms with Gasteiger partial charge in [-0.3, -0.25) is 0 Å². The molecule has 0 saturated carbocycles. The molecular weight excluding hydrogens is 280 g/mol. The summed E-state index contributed by atoms with van der Waals surface area (Å²) in [5.41, 5.74) is 3.63.